The van der Waals surface area contributed by atoms with Crippen molar-refractivity contribution in [1.29, 1.82) is 0 Å². The number of ether oxygens (including phenoxy) is 1. The maximum Gasteiger partial charge on any atom is 0.408 e. The van der Waals surface area contributed by atoms with Crippen LogP contribution in [0.15, 0.2) is 29.8 Å². The molecule has 0 spiro atoms. The first-order valence-electron chi connectivity index (χ1n) is 8.29. The molecular weight excluding hydrogens is 388 g/mol. The highest BCUT2D eigenvalue weighted by Gasteiger charge is 2.22. The summed E-state index contributed by atoms with van der Waals surface area (Å²) in [5.41, 5.74) is 3.76. The molecule has 148 valence electrons. The summed E-state index contributed by atoms with van der Waals surface area (Å²) in [6, 6.07) is 6.77. The highest BCUT2D eigenvalue weighted by Crippen LogP contribution is 2.28. The van der Waals surface area contributed by atoms with E-state index in [1.807, 2.05) is 31.2 Å². The van der Waals surface area contributed by atoms with Crippen molar-refractivity contribution >= 4 is 27.5 Å². The van der Waals surface area contributed by atoms with Gasteiger partial charge < -0.3 is 10.1 Å². The lowest BCUT2D eigenvalue weighted by atomic mass is 10.0. The van der Waals surface area contributed by atoms with Gasteiger partial charge >= 0.3 is 6.09 Å². The van der Waals surface area contributed by atoms with Gasteiger partial charge in [-0.15, -0.1) is 11.3 Å². The van der Waals surface area contributed by atoms with Gasteiger partial charge in [-0.3, -0.25) is 4.18 Å². The van der Waals surface area contributed by atoms with Crippen LogP contribution in [0.2, 0.25) is 0 Å². The first-order chi connectivity index (χ1) is 12.4. The molecule has 2 aromatic rings. The van der Waals surface area contributed by atoms with Crippen LogP contribution in [0, 0.1) is 6.92 Å². The fourth-order valence-corrected chi connectivity index (χ4v) is 3.50. The number of nitrogens with one attached hydrogen (secondary N) is 1. The third kappa shape index (κ3) is 6.93. The molecule has 0 radical (unpaired) electrons. The van der Waals surface area contributed by atoms with Crippen LogP contribution in [0.3, 0.4) is 0 Å². The van der Waals surface area contributed by atoms with E-state index in [4.69, 9.17) is 8.92 Å². The number of aryl methyl sites for hydroxylation is 1. The first-order valence-corrected chi connectivity index (χ1v) is 11.0. The van der Waals surface area contributed by atoms with Gasteiger partial charge in [-0.2, -0.15) is 8.42 Å². The summed E-state index contributed by atoms with van der Waals surface area (Å²) < 4.78 is 32.9. The molecule has 0 saturated heterocycles. The summed E-state index contributed by atoms with van der Waals surface area (Å²) in [4.78, 5) is 17.4. The van der Waals surface area contributed by atoms with Crippen LogP contribution in [0.1, 0.15) is 38.1 Å². The van der Waals surface area contributed by atoms with Gasteiger partial charge in [0.1, 0.15) is 5.60 Å². The second-order valence-electron chi connectivity index (χ2n) is 7.08. The van der Waals surface area contributed by atoms with E-state index >= 15 is 0 Å². The number of alkyl carbamates (subject to hydrolysis) is 1. The van der Waals surface area contributed by atoms with Gasteiger partial charge in [0.05, 0.1) is 35.0 Å². The number of hydrogen-bond acceptors (Lipinski definition) is 7. The van der Waals surface area contributed by atoms with E-state index in [-0.39, 0.29) is 6.61 Å². The Morgan fingerprint density at radius 3 is 2.37 bits per heavy atom. The normalized spacial score (nSPS) is 13.2. The van der Waals surface area contributed by atoms with E-state index < -0.39 is 27.9 Å². The quantitative estimate of drug-likeness (QED) is 0.728. The van der Waals surface area contributed by atoms with Gasteiger partial charge in [-0.05, 0) is 38.8 Å². The van der Waals surface area contributed by atoms with Crippen LogP contribution in [0.25, 0.3) is 10.4 Å². The van der Waals surface area contributed by atoms with Crippen LogP contribution >= 0.6 is 11.3 Å². The van der Waals surface area contributed by atoms with Crippen molar-refractivity contribution in [2.45, 2.75) is 39.3 Å². The monoisotopic (exact) mass is 412 g/mol. The van der Waals surface area contributed by atoms with Crippen LogP contribution in [-0.2, 0) is 19.0 Å². The van der Waals surface area contributed by atoms with Gasteiger partial charge in [0, 0.05) is 0 Å². The van der Waals surface area contributed by atoms with Gasteiger partial charge in [0.2, 0.25) is 0 Å². The number of aromatic nitrogens is 1. The molecule has 2 rings (SSSR count). The van der Waals surface area contributed by atoms with Gasteiger partial charge in [0.25, 0.3) is 10.1 Å². The molecule has 0 bridgehead atoms. The Hall–Kier alpha value is -1.97. The minimum atomic E-state index is -3.65. The van der Waals surface area contributed by atoms with Crippen LogP contribution in [0.4, 0.5) is 4.79 Å². The summed E-state index contributed by atoms with van der Waals surface area (Å²) in [5, 5.41) is 2.67. The second kappa shape index (κ2) is 8.37. The highest BCUT2D eigenvalue weighted by atomic mass is 32.2. The fraction of sp³-hybridized carbons (Fsp3) is 0.444. The molecule has 27 heavy (non-hydrogen) atoms. The van der Waals surface area contributed by atoms with E-state index in [2.05, 4.69) is 10.3 Å². The lowest BCUT2D eigenvalue weighted by Crippen LogP contribution is -2.37. The number of rotatable bonds is 6. The molecule has 0 saturated carbocycles. The molecule has 1 aromatic carbocycles. The lowest BCUT2D eigenvalue weighted by molar-refractivity contribution is 0.0487. The Kier molecular flexibility index (Phi) is 6.61. The van der Waals surface area contributed by atoms with Crippen molar-refractivity contribution in [2.75, 3.05) is 12.9 Å². The molecule has 0 aliphatic rings. The van der Waals surface area contributed by atoms with Crippen LogP contribution in [0.5, 0.6) is 0 Å². The number of thiazole rings is 1. The number of amides is 1. The Balaban J connectivity index is 2.21. The average Bonchev–Trinajstić information content (AvgIpc) is 2.95. The van der Waals surface area contributed by atoms with Crippen molar-refractivity contribution in [3.63, 3.8) is 0 Å². The average molecular weight is 413 g/mol. The Morgan fingerprint density at radius 1 is 1.26 bits per heavy atom. The number of nitrogens with zero attached hydrogens (tertiary/aromatic N) is 1. The molecule has 1 unspecified atom stereocenters. The van der Waals surface area contributed by atoms with E-state index in [1.165, 1.54) is 0 Å². The molecule has 1 aromatic heterocycles. The molecule has 1 N–H and O–H groups in total. The zero-order valence-corrected chi connectivity index (χ0v) is 17.6. The predicted molar refractivity (Wildman–Crippen MR) is 105 cm³/mol. The minimum Gasteiger partial charge on any atom is -0.444 e. The molecule has 1 heterocycles. The number of carbonyl (C=O) groups excluding carboxylic acids is 1. The Morgan fingerprint density at radius 2 is 1.89 bits per heavy atom. The van der Waals surface area contributed by atoms with Gasteiger partial charge in [-0.1, -0.05) is 24.3 Å². The SMILES string of the molecule is Cc1ncsc1-c1ccc(C(COS(C)(=O)=O)NC(=O)OC(C)(C)C)cc1. The van der Waals surface area contributed by atoms with Gasteiger partial charge in [-0.25, -0.2) is 9.78 Å². The Bertz CT molecular complexity index is 883. The van der Waals surface area contributed by atoms with Crippen molar-refractivity contribution < 1.29 is 22.1 Å². The predicted octanol–water partition coefficient (Wildman–Crippen LogP) is 3.66. The lowest BCUT2D eigenvalue weighted by Gasteiger charge is -2.23. The number of carbonyl (C=O) groups is 1. The second-order valence-corrected chi connectivity index (χ2v) is 9.58. The Labute approximate surface area is 163 Å². The van der Waals surface area contributed by atoms with E-state index in [0.717, 1.165) is 22.4 Å². The summed E-state index contributed by atoms with van der Waals surface area (Å²) in [6.07, 6.45) is 0.319. The van der Waals surface area contributed by atoms with Crippen molar-refractivity contribution in [2.24, 2.45) is 0 Å². The third-order valence-corrected chi connectivity index (χ3v) is 5.00. The molecule has 0 fully saturated rings. The van der Waals surface area contributed by atoms with Crippen molar-refractivity contribution in [3.05, 3.63) is 41.0 Å². The maximum atomic E-state index is 12.1. The standard InChI is InChI=1S/C18H24N2O5S2/c1-12-16(26-11-19-12)14-8-6-13(7-9-14)15(10-24-27(5,22)23)20-17(21)25-18(2,3)4/h6-9,11,15H,10H2,1-5H3,(H,20,21). The maximum absolute atomic E-state index is 12.1. The molecule has 0 aliphatic heterocycles. The van der Waals surface area contributed by atoms with E-state index in [1.54, 1.807) is 37.6 Å². The molecule has 0 aliphatic carbocycles. The molecule has 1 atom stereocenters. The molecule has 9 heteroatoms. The zero-order chi connectivity index (χ0) is 20.2. The summed E-state index contributed by atoms with van der Waals surface area (Å²) in [5.74, 6) is 0. The summed E-state index contributed by atoms with van der Waals surface area (Å²) in [7, 11) is -3.65. The number of benzene rings is 1. The fourth-order valence-electron chi connectivity index (χ4n) is 2.31. The third-order valence-electron chi connectivity index (χ3n) is 3.46. The molecule has 1 amide bonds. The number of hydrogen-bond donors (Lipinski definition) is 1. The summed E-state index contributed by atoms with van der Waals surface area (Å²) in [6.45, 7) is 6.96. The summed E-state index contributed by atoms with van der Waals surface area (Å²) >= 11 is 1.54. The highest BCUT2D eigenvalue weighted by molar-refractivity contribution is 7.85. The van der Waals surface area contributed by atoms with Crippen molar-refractivity contribution in [3.8, 4) is 10.4 Å². The smallest absolute Gasteiger partial charge is 0.408 e. The van der Waals surface area contributed by atoms with E-state index in [0.29, 0.717) is 5.56 Å². The molecular formula is C18H24N2O5S2. The van der Waals surface area contributed by atoms with Crippen LogP contribution in [-0.4, -0.2) is 38.0 Å². The zero-order valence-electron chi connectivity index (χ0n) is 16.0. The van der Waals surface area contributed by atoms with Crippen LogP contribution < -0.4 is 5.32 Å². The molecule has 7 nitrogen and oxygen atoms in total. The largest absolute Gasteiger partial charge is 0.444 e. The van der Waals surface area contributed by atoms with Gasteiger partial charge in [0.15, 0.2) is 0 Å². The topological polar surface area (TPSA) is 94.6 Å². The van der Waals surface area contributed by atoms with E-state index in [9.17, 15) is 13.2 Å². The van der Waals surface area contributed by atoms with Crippen molar-refractivity contribution in [1.82, 2.24) is 10.3 Å². The minimum absolute atomic E-state index is 0.225. The first kappa shape index (κ1) is 21.3.